The number of fused-ring (bicyclic) bond motifs is 2. The molecule has 0 radical (unpaired) electrons. The molecule has 22 nitrogen and oxygen atoms in total. The molecule has 0 saturated carbocycles. The Hall–Kier alpha value is -9.02. The summed E-state index contributed by atoms with van der Waals surface area (Å²) in [6, 6.07) is 17.7. The van der Waals surface area contributed by atoms with E-state index in [9.17, 15) is 28.8 Å². The van der Waals surface area contributed by atoms with Crippen molar-refractivity contribution in [2.45, 2.75) is 13.8 Å². The monoisotopic (exact) mass is 930 g/mol. The van der Waals surface area contributed by atoms with Crippen molar-refractivity contribution >= 4 is 82.7 Å². The van der Waals surface area contributed by atoms with Crippen LogP contribution in [0.5, 0.6) is 11.5 Å². The van der Waals surface area contributed by atoms with Crippen LogP contribution in [0.2, 0.25) is 0 Å². The normalized spacial score (nSPS) is 14.0. The quantitative estimate of drug-likeness (QED) is 0.0427. The minimum absolute atomic E-state index is 0.0168. The van der Waals surface area contributed by atoms with Gasteiger partial charge in [0.05, 0.1) is 51.7 Å². The third-order valence-electron chi connectivity index (χ3n) is 11.7. The van der Waals surface area contributed by atoms with Crippen molar-refractivity contribution in [2.75, 3.05) is 57.7 Å². The van der Waals surface area contributed by atoms with Crippen LogP contribution in [0.4, 0.5) is 5.82 Å². The molecule has 0 bridgehead atoms. The first-order valence-corrected chi connectivity index (χ1v) is 21.8. The Morgan fingerprint density at radius 3 is 1.65 bits per heavy atom. The summed E-state index contributed by atoms with van der Waals surface area (Å²) in [5, 5.41) is 15.3. The smallest absolute Gasteiger partial charge is 0.527 e. The number of amidine groups is 1. The van der Waals surface area contributed by atoms with Crippen molar-refractivity contribution in [1.82, 2.24) is 54.3 Å². The second-order valence-electron chi connectivity index (χ2n) is 16.0. The zero-order valence-corrected chi connectivity index (χ0v) is 37.3. The highest BCUT2D eigenvalue weighted by Gasteiger charge is 2.34. The summed E-state index contributed by atoms with van der Waals surface area (Å²) in [7, 11) is -0.537. The van der Waals surface area contributed by atoms with Crippen LogP contribution in [0.3, 0.4) is 0 Å². The third-order valence-corrected chi connectivity index (χ3v) is 11.7. The fourth-order valence-corrected chi connectivity index (χ4v) is 8.15. The number of nitrogens with zero attached hydrogens (tertiary/aromatic N) is 10. The molecule has 2 fully saturated rings. The van der Waals surface area contributed by atoms with E-state index >= 15 is 0 Å². The number of aromatic nitrogens is 7. The van der Waals surface area contributed by atoms with Gasteiger partial charge in [0, 0.05) is 75.9 Å². The van der Waals surface area contributed by atoms with E-state index in [1.807, 2.05) is 12.1 Å². The fraction of sp³-hybridized carbons (Fsp3) is 0.217. The van der Waals surface area contributed by atoms with Crippen molar-refractivity contribution in [1.29, 1.82) is 5.41 Å². The minimum Gasteiger partial charge on any atom is -0.527 e. The molecule has 7 aromatic rings. The van der Waals surface area contributed by atoms with Gasteiger partial charge in [0.25, 0.3) is 35.2 Å². The van der Waals surface area contributed by atoms with E-state index in [1.54, 1.807) is 65.3 Å². The first-order chi connectivity index (χ1) is 33.5. The van der Waals surface area contributed by atoms with Crippen molar-refractivity contribution in [3.8, 4) is 17.3 Å². The third kappa shape index (κ3) is 9.24. The predicted molar refractivity (Wildman–Crippen MR) is 252 cm³/mol. The van der Waals surface area contributed by atoms with Gasteiger partial charge in [0.1, 0.15) is 29.5 Å². The lowest BCUT2D eigenvalue weighted by molar-refractivity contribution is -0.128. The molecule has 9 rings (SSSR count). The topological polar surface area (TPSA) is 270 Å². The molecule has 23 heteroatoms. The molecular formula is C46H43BN14O8. The number of piperazine rings is 2. The number of carbonyl (C=O) groups is 6. The Kier molecular flexibility index (Phi) is 12.7. The van der Waals surface area contributed by atoms with Crippen molar-refractivity contribution in [2.24, 2.45) is 4.99 Å². The molecule has 2 saturated heterocycles. The van der Waals surface area contributed by atoms with Crippen molar-refractivity contribution in [3.05, 3.63) is 120 Å². The van der Waals surface area contributed by atoms with Crippen LogP contribution >= 0.6 is 0 Å². The van der Waals surface area contributed by atoms with E-state index in [4.69, 9.17) is 14.7 Å². The summed E-state index contributed by atoms with van der Waals surface area (Å²) in [5.41, 5.74) is 1.58. The van der Waals surface area contributed by atoms with Crippen LogP contribution < -0.4 is 14.6 Å². The molecule has 4 amide bonds. The number of rotatable bonds is 13. The van der Waals surface area contributed by atoms with Gasteiger partial charge in [0.15, 0.2) is 11.6 Å². The lowest BCUT2D eigenvalue weighted by Crippen LogP contribution is -2.52. The summed E-state index contributed by atoms with van der Waals surface area (Å²) in [6.07, 6.45) is 8.14. The summed E-state index contributed by atoms with van der Waals surface area (Å²) < 4.78 is 13.7. The maximum absolute atomic E-state index is 14.1. The van der Waals surface area contributed by atoms with Gasteiger partial charge in [-0.3, -0.25) is 34.2 Å². The molecule has 2 aromatic carbocycles. The van der Waals surface area contributed by atoms with Gasteiger partial charge in [-0.15, -0.1) is 0 Å². The molecular weight excluding hydrogens is 887 g/mol. The number of pyridine rings is 2. The van der Waals surface area contributed by atoms with E-state index in [0.717, 1.165) is 0 Å². The number of aliphatic imine (C=N–C) groups is 1. The number of benzene rings is 2. The molecule has 2 aliphatic heterocycles. The SMILES string of the molecule is CC(=N)/N=C\Nc1ncc(OBOc2cnc(-n3cnc(C)n3)c3[nH]cc(C(=O)C(=O)N4CCN(C(=O)c5ccccc5)CC4)c23)c2c(C(=O)C(=O)N3CCN(C(=O)c4ccccc4)CC3)c[nH]c12. The Balaban J connectivity index is 0.959. The fourth-order valence-electron chi connectivity index (χ4n) is 8.15. The number of hydrogen-bond acceptors (Lipinski definition) is 13. The first-order valence-electron chi connectivity index (χ1n) is 21.8. The number of aryl methyl sites for hydroxylation is 1. The van der Waals surface area contributed by atoms with Crippen LogP contribution in [-0.4, -0.2) is 162 Å². The van der Waals surface area contributed by atoms with Gasteiger partial charge in [-0.05, 0) is 38.1 Å². The second kappa shape index (κ2) is 19.4. The van der Waals surface area contributed by atoms with Crippen LogP contribution in [0.25, 0.3) is 27.6 Å². The van der Waals surface area contributed by atoms with Gasteiger partial charge < -0.3 is 44.2 Å². The largest absolute Gasteiger partial charge is 0.576 e. The van der Waals surface area contributed by atoms with Crippen molar-refractivity contribution < 1.29 is 38.1 Å². The summed E-state index contributed by atoms with van der Waals surface area (Å²) in [5.74, 6) is -2.53. The molecule has 348 valence electrons. The van der Waals surface area contributed by atoms with E-state index in [-0.39, 0.29) is 121 Å². The van der Waals surface area contributed by atoms with Crippen molar-refractivity contribution in [3.63, 3.8) is 0 Å². The molecule has 7 heterocycles. The van der Waals surface area contributed by atoms with Gasteiger partial charge in [-0.1, -0.05) is 36.4 Å². The van der Waals surface area contributed by atoms with E-state index in [1.165, 1.54) is 58.9 Å². The molecule has 0 unspecified atom stereocenters. The zero-order valence-electron chi connectivity index (χ0n) is 37.3. The number of H-pyrrole nitrogens is 2. The highest BCUT2D eigenvalue weighted by Crippen LogP contribution is 2.35. The van der Waals surface area contributed by atoms with Crippen LogP contribution in [0, 0.1) is 12.3 Å². The molecule has 2 aliphatic rings. The highest BCUT2D eigenvalue weighted by atomic mass is 16.6. The molecule has 0 spiro atoms. The minimum atomic E-state index is -0.842. The van der Waals surface area contributed by atoms with Crippen LogP contribution in [0.1, 0.15) is 54.2 Å². The Labute approximate surface area is 393 Å². The average Bonchev–Trinajstić information content (AvgIpc) is 4.16. The number of nitrogens with one attached hydrogen (secondary N) is 4. The molecule has 5 aromatic heterocycles. The molecule has 4 N–H and O–H groups in total. The number of Topliss-reactive ketones (excluding diaryl/α,β-unsaturated/α-hetero) is 2. The standard InChI is InChI=1S/C46H43BN14O8/c1-27(48)53-25-54-41-37-35(31(21-49-37)39(62)45(66)59-17-13-57(14-18-59)43(64)29-9-5-3-6-10-29)33(23-51-41)68-47-69-34-24-52-42(61-26-55-28(2)56-61)38-36(34)32(22-50-38)40(63)46(67)60-19-15-58(16-20-60)44(65)30-11-7-4-8-12-30/h3-12,21-26,47,49-50H,13-20H2,1-2H3,(H2,48,51,53,54). The first kappa shape index (κ1) is 45.2. The van der Waals surface area contributed by atoms with Gasteiger partial charge in [-0.2, -0.15) is 5.10 Å². The van der Waals surface area contributed by atoms with Gasteiger partial charge in [0.2, 0.25) is 0 Å². The number of carbonyl (C=O) groups excluding carboxylic acids is 6. The zero-order chi connectivity index (χ0) is 48.2. The Morgan fingerprint density at radius 1 is 0.681 bits per heavy atom. The molecule has 69 heavy (non-hydrogen) atoms. The number of hydrogen-bond donors (Lipinski definition) is 4. The number of ketones is 2. The van der Waals surface area contributed by atoms with Gasteiger partial charge in [-0.25, -0.2) is 24.6 Å². The summed E-state index contributed by atoms with van der Waals surface area (Å²) in [6.45, 7) is 4.67. The maximum atomic E-state index is 14.1. The van der Waals surface area contributed by atoms with Crippen LogP contribution in [0.15, 0.2) is 96.8 Å². The van der Waals surface area contributed by atoms with Crippen LogP contribution in [-0.2, 0) is 9.59 Å². The number of anilines is 1. The predicted octanol–water partition coefficient (Wildman–Crippen LogP) is 2.82. The Bertz CT molecular complexity index is 3170. The molecule has 0 atom stereocenters. The van der Waals surface area contributed by atoms with Gasteiger partial charge >= 0.3 is 7.69 Å². The van der Waals surface area contributed by atoms with E-state index < -0.39 is 31.1 Å². The molecule has 0 aliphatic carbocycles. The Morgan fingerprint density at radius 2 is 1.16 bits per heavy atom. The average molecular weight is 931 g/mol. The maximum Gasteiger partial charge on any atom is 0.576 e. The van der Waals surface area contributed by atoms with E-state index in [2.05, 4.69) is 40.3 Å². The lowest BCUT2D eigenvalue weighted by atomic mass is 10.1. The highest BCUT2D eigenvalue weighted by molar-refractivity contribution is 6.46. The summed E-state index contributed by atoms with van der Waals surface area (Å²) in [4.78, 5) is 111. The second-order valence-corrected chi connectivity index (χ2v) is 16.0. The summed E-state index contributed by atoms with van der Waals surface area (Å²) >= 11 is 0. The number of aromatic amines is 2. The lowest BCUT2D eigenvalue weighted by Gasteiger charge is -2.34. The van der Waals surface area contributed by atoms with E-state index in [0.29, 0.717) is 22.5 Å². The number of amides is 4.